The van der Waals surface area contributed by atoms with E-state index in [9.17, 15) is 14.3 Å². The van der Waals surface area contributed by atoms with E-state index >= 15 is 0 Å². The molecule has 24 heavy (non-hydrogen) atoms. The molecule has 2 aliphatic rings. The maximum atomic E-state index is 13.0. The normalized spacial score (nSPS) is 19.5. The highest BCUT2D eigenvalue weighted by Crippen LogP contribution is 2.29. The van der Waals surface area contributed by atoms with Gasteiger partial charge in [0.25, 0.3) is 0 Å². The lowest BCUT2D eigenvalue weighted by Crippen LogP contribution is -2.47. The molecule has 1 saturated heterocycles. The molecule has 1 amide bonds. The molecular formula is C18H26FN3O2. The molecule has 0 aromatic heterocycles. The van der Waals surface area contributed by atoms with Crippen LogP contribution in [0.3, 0.4) is 0 Å². The van der Waals surface area contributed by atoms with E-state index in [0.717, 1.165) is 44.6 Å². The molecule has 1 aromatic rings. The molecule has 1 aromatic carbocycles. The lowest BCUT2D eigenvalue weighted by atomic mass is 10.1. The van der Waals surface area contributed by atoms with Crippen LogP contribution in [0.5, 0.6) is 0 Å². The summed E-state index contributed by atoms with van der Waals surface area (Å²) in [5.41, 5.74) is 0.718. The van der Waals surface area contributed by atoms with E-state index in [2.05, 4.69) is 10.2 Å². The van der Waals surface area contributed by atoms with Crippen LogP contribution in [0.2, 0.25) is 0 Å². The SMILES string of the molecule is O=C(CCN(CC(O)c1ccc(F)cc1)C1CC1)N1CCNCC1. The first-order chi connectivity index (χ1) is 11.6. The summed E-state index contributed by atoms with van der Waals surface area (Å²) in [7, 11) is 0. The van der Waals surface area contributed by atoms with Crippen LogP contribution in [-0.4, -0.2) is 66.1 Å². The Morgan fingerprint density at radius 2 is 1.96 bits per heavy atom. The average Bonchev–Trinajstić information content (AvgIpc) is 3.44. The molecule has 3 rings (SSSR count). The van der Waals surface area contributed by atoms with Gasteiger partial charge in [-0.2, -0.15) is 0 Å². The molecule has 132 valence electrons. The topological polar surface area (TPSA) is 55.8 Å². The first kappa shape index (κ1) is 17.3. The van der Waals surface area contributed by atoms with Crippen molar-refractivity contribution in [1.82, 2.24) is 15.1 Å². The highest BCUT2D eigenvalue weighted by molar-refractivity contribution is 5.76. The van der Waals surface area contributed by atoms with Crippen LogP contribution in [-0.2, 0) is 4.79 Å². The summed E-state index contributed by atoms with van der Waals surface area (Å²) in [6, 6.07) is 6.45. The van der Waals surface area contributed by atoms with Gasteiger partial charge in [0.1, 0.15) is 5.82 Å². The molecule has 6 heteroatoms. The summed E-state index contributed by atoms with van der Waals surface area (Å²) >= 11 is 0. The number of rotatable bonds is 7. The largest absolute Gasteiger partial charge is 0.387 e. The summed E-state index contributed by atoms with van der Waals surface area (Å²) in [6.07, 6.45) is 2.09. The second-order valence-corrected chi connectivity index (χ2v) is 6.67. The Balaban J connectivity index is 1.51. The minimum atomic E-state index is -0.652. The van der Waals surface area contributed by atoms with Crippen molar-refractivity contribution in [3.63, 3.8) is 0 Å². The Bertz CT molecular complexity index is 542. The Morgan fingerprint density at radius 1 is 1.29 bits per heavy atom. The molecule has 5 nitrogen and oxygen atoms in total. The Kier molecular flexibility index (Phi) is 5.81. The second-order valence-electron chi connectivity index (χ2n) is 6.67. The van der Waals surface area contributed by atoms with E-state index in [-0.39, 0.29) is 11.7 Å². The monoisotopic (exact) mass is 335 g/mol. The molecule has 0 radical (unpaired) electrons. The fourth-order valence-electron chi connectivity index (χ4n) is 3.19. The molecule has 2 N–H and O–H groups in total. The third-order valence-electron chi connectivity index (χ3n) is 4.81. The molecule has 1 atom stereocenters. The van der Waals surface area contributed by atoms with Gasteiger partial charge in [-0.05, 0) is 30.5 Å². The molecule has 1 aliphatic heterocycles. The number of piperazine rings is 1. The smallest absolute Gasteiger partial charge is 0.223 e. The summed E-state index contributed by atoms with van der Waals surface area (Å²) < 4.78 is 13.0. The van der Waals surface area contributed by atoms with Crippen LogP contribution < -0.4 is 5.32 Å². The van der Waals surface area contributed by atoms with Crippen molar-refractivity contribution < 1.29 is 14.3 Å². The highest BCUT2D eigenvalue weighted by Gasteiger charge is 2.31. The van der Waals surface area contributed by atoms with Gasteiger partial charge >= 0.3 is 0 Å². The first-order valence-electron chi connectivity index (χ1n) is 8.79. The highest BCUT2D eigenvalue weighted by atomic mass is 19.1. The minimum Gasteiger partial charge on any atom is -0.387 e. The summed E-state index contributed by atoms with van der Waals surface area (Å²) in [5.74, 6) is -0.106. The van der Waals surface area contributed by atoms with Crippen molar-refractivity contribution in [1.29, 1.82) is 0 Å². The number of hydrogen-bond acceptors (Lipinski definition) is 4. The molecular weight excluding hydrogens is 309 g/mol. The number of carbonyl (C=O) groups is 1. The zero-order valence-electron chi connectivity index (χ0n) is 14.0. The summed E-state index contributed by atoms with van der Waals surface area (Å²) in [4.78, 5) is 16.4. The number of amides is 1. The number of benzene rings is 1. The van der Waals surface area contributed by atoms with Crippen molar-refractivity contribution in [2.45, 2.75) is 31.4 Å². The van der Waals surface area contributed by atoms with Gasteiger partial charge in [-0.25, -0.2) is 4.39 Å². The van der Waals surface area contributed by atoms with Gasteiger partial charge in [0.05, 0.1) is 6.10 Å². The van der Waals surface area contributed by atoms with Crippen molar-refractivity contribution in [2.75, 3.05) is 39.3 Å². The minimum absolute atomic E-state index is 0.193. The summed E-state index contributed by atoms with van der Waals surface area (Å²) in [6.45, 7) is 4.44. The molecule has 0 bridgehead atoms. The third kappa shape index (κ3) is 4.75. The number of aliphatic hydroxyl groups is 1. The van der Waals surface area contributed by atoms with Crippen LogP contribution in [0, 0.1) is 5.82 Å². The maximum absolute atomic E-state index is 13.0. The van der Waals surface area contributed by atoms with E-state index in [1.807, 2.05) is 4.90 Å². The predicted molar refractivity (Wildman–Crippen MR) is 90.0 cm³/mol. The quantitative estimate of drug-likeness (QED) is 0.785. The lowest BCUT2D eigenvalue weighted by Gasteiger charge is -2.29. The fraction of sp³-hybridized carbons (Fsp3) is 0.611. The Hall–Kier alpha value is -1.50. The Labute approximate surface area is 142 Å². The van der Waals surface area contributed by atoms with Crippen LogP contribution in [0.4, 0.5) is 4.39 Å². The van der Waals surface area contributed by atoms with E-state index in [1.165, 1.54) is 12.1 Å². The van der Waals surface area contributed by atoms with Crippen LogP contribution >= 0.6 is 0 Å². The summed E-state index contributed by atoms with van der Waals surface area (Å²) in [5, 5.41) is 13.7. The zero-order valence-corrected chi connectivity index (χ0v) is 14.0. The van der Waals surface area contributed by atoms with Crippen molar-refractivity contribution in [3.8, 4) is 0 Å². The number of aliphatic hydroxyl groups excluding tert-OH is 1. The van der Waals surface area contributed by atoms with Crippen molar-refractivity contribution in [3.05, 3.63) is 35.6 Å². The van der Waals surface area contributed by atoms with E-state index in [1.54, 1.807) is 12.1 Å². The average molecular weight is 335 g/mol. The molecule has 1 unspecified atom stereocenters. The van der Waals surface area contributed by atoms with Gasteiger partial charge in [-0.3, -0.25) is 9.69 Å². The van der Waals surface area contributed by atoms with Crippen LogP contribution in [0.1, 0.15) is 30.9 Å². The molecule has 0 spiro atoms. The van der Waals surface area contributed by atoms with Crippen LogP contribution in [0.15, 0.2) is 24.3 Å². The number of carbonyl (C=O) groups excluding carboxylic acids is 1. The number of nitrogens with zero attached hydrogens (tertiary/aromatic N) is 2. The second kappa shape index (κ2) is 8.05. The van der Waals surface area contributed by atoms with Gasteiger partial charge in [0.2, 0.25) is 5.91 Å². The maximum Gasteiger partial charge on any atom is 0.223 e. The van der Waals surface area contributed by atoms with Gasteiger partial charge in [-0.15, -0.1) is 0 Å². The fourth-order valence-corrected chi connectivity index (χ4v) is 3.19. The molecule has 2 fully saturated rings. The predicted octanol–water partition coefficient (Wildman–Crippen LogP) is 1.15. The number of nitrogens with one attached hydrogen (secondary N) is 1. The molecule has 1 aliphatic carbocycles. The molecule has 1 saturated carbocycles. The van der Waals surface area contributed by atoms with Crippen molar-refractivity contribution >= 4 is 5.91 Å². The van der Waals surface area contributed by atoms with E-state index in [0.29, 0.717) is 25.6 Å². The van der Waals surface area contributed by atoms with Crippen molar-refractivity contribution in [2.24, 2.45) is 0 Å². The standard InChI is InChI=1S/C18H26FN3O2/c19-15-3-1-14(2-4-15)17(23)13-22(16-5-6-16)10-7-18(24)21-11-8-20-9-12-21/h1-4,16-17,20,23H,5-13H2. The van der Waals surface area contributed by atoms with Gasteiger partial charge in [0.15, 0.2) is 0 Å². The Morgan fingerprint density at radius 3 is 2.58 bits per heavy atom. The first-order valence-corrected chi connectivity index (χ1v) is 8.79. The lowest BCUT2D eigenvalue weighted by molar-refractivity contribution is -0.132. The number of hydrogen-bond donors (Lipinski definition) is 2. The number of halogens is 1. The van der Waals surface area contributed by atoms with E-state index in [4.69, 9.17) is 0 Å². The van der Waals surface area contributed by atoms with Gasteiger partial charge in [0, 0.05) is 51.7 Å². The van der Waals surface area contributed by atoms with Gasteiger partial charge in [-0.1, -0.05) is 12.1 Å². The zero-order chi connectivity index (χ0) is 16.9. The van der Waals surface area contributed by atoms with E-state index < -0.39 is 6.10 Å². The third-order valence-corrected chi connectivity index (χ3v) is 4.81. The van der Waals surface area contributed by atoms with Gasteiger partial charge < -0.3 is 15.3 Å². The van der Waals surface area contributed by atoms with Crippen LogP contribution in [0.25, 0.3) is 0 Å². The molecule has 1 heterocycles.